The van der Waals surface area contributed by atoms with E-state index in [1.54, 1.807) is 0 Å². The molecule has 0 amide bonds. The molecule has 2 aliphatic rings. The molecule has 1 aromatic heterocycles. The maximum Gasteiger partial charge on any atom is 0.126 e. The minimum Gasteiger partial charge on any atom is -0.465 e. The summed E-state index contributed by atoms with van der Waals surface area (Å²) in [7, 11) is 0. The molecular weight excluding hydrogens is 412 g/mol. The zero-order valence-electron chi connectivity index (χ0n) is 15.6. The summed E-state index contributed by atoms with van der Waals surface area (Å²) in [5, 5.41) is 3.36. The number of anilines is 1. The molecule has 1 atom stereocenters. The van der Waals surface area contributed by atoms with Gasteiger partial charge in [-0.3, -0.25) is 3.59 Å². The quantitative estimate of drug-likeness (QED) is 0.565. The lowest BCUT2D eigenvalue weighted by Crippen LogP contribution is -2.29. The standard InChI is InChI=1S/C24H21BrN2O/c1-16-20-14-19(15-28-17(2)18-8-4-3-5-9-18)21-12-7-13-26(21)22-10-6-11-23(24(20)22)27(16)25/h3-6,8-11,14-15,21H,1-2,7,12-13H2/b19-15+. The number of ether oxygens (including phenoxy) is 1. The lowest BCUT2D eigenvalue weighted by atomic mass is 10.1. The van der Waals surface area contributed by atoms with Crippen molar-refractivity contribution in [1.29, 1.82) is 0 Å². The second kappa shape index (κ2) is 6.71. The van der Waals surface area contributed by atoms with Crippen molar-refractivity contribution in [2.45, 2.75) is 18.9 Å². The van der Waals surface area contributed by atoms with E-state index in [-0.39, 0.29) is 0 Å². The first-order valence-corrected chi connectivity index (χ1v) is 10.2. The summed E-state index contributed by atoms with van der Waals surface area (Å²) in [6, 6.07) is 16.8. The van der Waals surface area contributed by atoms with Gasteiger partial charge in [-0.15, -0.1) is 0 Å². The Morgan fingerprint density at radius 2 is 1.96 bits per heavy atom. The molecule has 3 nitrogen and oxygen atoms in total. The summed E-state index contributed by atoms with van der Waals surface area (Å²) < 4.78 is 8.01. The number of fused-ring (bicyclic) bond motifs is 2. The van der Waals surface area contributed by atoms with Crippen molar-refractivity contribution in [2.24, 2.45) is 0 Å². The fraction of sp³-hybridized carbons (Fsp3) is 0.167. The number of halogens is 1. The largest absolute Gasteiger partial charge is 0.465 e. The maximum absolute atomic E-state index is 6.02. The lowest BCUT2D eigenvalue weighted by molar-refractivity contribution is 0.431. The highest BCUT2D eigenvalue weighted by molar-refractivity contribution is 9.08. The lowest BCUT2D eigenvalue weighted by Gasteiger charge is -2.27. The summed E-state index contributed by atoms with van der Waals surface area (Å²) in [4.78, 5) is 2.50. The van der Waals surface area contributed by atoms with Crippen LogP contribution in [0.4, 0.5) is 5.69 Å². The predicted molar refractivity (Wildman–Crippen MR) is 121 cm³/mol. The van der Waals surface area contributed by atoms with Gasteiger partial charge in [-0.1, -0.05) is 49.6 Å². The van der Waals surface area contributed by atoms with Gasteiger partial charge in [-0.05, 0) is 31.1 Å². The first-order valence-electron chi connectivity index (χ1n) is 9.53. The van der Waals surface area contributed by atoms with Gasteiger partial charge in [0, 0.05) is 34.0 Å². The highest BCUT2D eigenvalue weighted by Gasteiger charge is 2.31. The number of hydrogen-bond donors (Lipinski definition) is 0. The van der Waals surface area contributed by atoms with E-state index in [2.05, 4.69) is 58.5 Å². The van der Waals surface area contributed by atoms with E-state index < -0.39 is 0 Å². The van der Waals surface area contributed by atoms with Crippen LogP contribution in [-0.4, -0.2) is 16.2 Å². The Morgan fingerprint density at radius 1 is 1.14 bits per heavy atom. The van der Waals surface area contributed by atoms with Gasteiger partial charge in [0.05, 0.1) is 39.3 Å². The van der Waals surface area contributed by atoms with Crippen LogP contribution < -0.4 is 15.5 Å². The number of rotatable bonds is 3. The minimum absolute atomic E-state index is 0.310. The smallest absolute Gasteiger partial charge is 0.126 e. The molecule has 5 rings (SSSR count). The first kappa shape index (κ1) is 17.4. The topological polar surface area (TPSA) is 17.4 Å². The molecule has 4 heteroatoms. The molecular formula is C24H21BrN2O. The summed E-state index contributed by atoms with van der Waals surface area (Å²) in [5.41, 5.74) is 4.58. The van der Waals surface area contributed by atoms with E-state index in [1.165, 1.54) is 17.5 Å². The third-order valence-corrected chi connectivity index (χ3v) is 6.55. The summed E-state index contributed by atoms with van der Waals surface area (Å²) in [6.07, 6.45) is 6.40. The van der Waals surface area contributed by atoms with Gasteiger partial charge >= 0.3 is 0 Å². The molecule has 1 fully saturated rings. The van der Waals surface area contributed by atoms with Crippen molar-refractivity contribution >= 4 is 51.2 Å². The molecule has 28 heavy (non-hydrogen) atoms. The third kappa shape index (κ3) is 2.63. The van der Waals surface area contributed by atoms with Crippen molar-refractivity contribution in [3.8, 4) is 0 Å². The van der Waals surface area contributed by atoms with E-state index in [1.807, 2.05) is 40.2 Å². The molecule has 2 aliphatic heterocycles. The van der Waals surface area contributed by atoms with Crippen LogP contribution in [0.1, 0.15) is 18.4 Å². The zero-order valence-corrected chi connectivity index (χ0v) is 17.2. The molecule has 0 spiro atoms. The van der Waals surface area contributed by atoms with Gasteiger partial charge in [0.2, 0.25) is 0 Å². The molecule has 0 radical (unpaired) electrons. The highest BCUT2D eigenvalue weighted by atomic mass is 79.9. The van der Waals surface area contributed by atoms with Crippen LogP contribution in [0, 0.1) is 0 Å². The second-order valence-corrected chi connectivity index (χ2v) is 8.04. The van der Waals surface area contributed by atoms with Crippen LogP contribution in [0.25, 0.3) is 29.3 Å². The normalized spacial score (nSPS) is 19.4. The van der Waals surface area contributed by atoms with Gasteiger partial charge in [0.25, 0.3) is 0 Å². The number of hydrogen-bond acceptors (Lipinski definition) is 2. The summed E-state index contributed by atoms with van der Waals surface area (Å²) in [5.74, 6) is 0.658. The summed E-state index contributed by atoms with van der Waals surface area (Å²) in [6.45, 7) is 9.45. The zero-order chi connectivity index (χ0) is 19.3. The van der Waals surface area contributed by atoms with E-state index in [4.69, 9.17) is 4.74 Å². The molecule has 2 aromatic carbocycles. The SMILES string of the molecule is C=C(O/C=C1\C=c2c(=C)n(Br)c3cccc(c23)N2CCCC12)c1ccccc1. The molecule has 0 saturated carbocycles. The van der Waals surface area contributed by atoms with Crippen molar-refractivity contribution < 1.29 is 4.74 Å². The Labute approximate surface area is 172 Å². The average Bonchev–Trinajstić information content (AvgIpc) is 3.27. The van der Waals surface area contributed by atoms with Crippen molar-refractivity contribution in [3.05, 3.63) is 83.1 Å². The Kier molecular flexibility index (Phi) is 4.17. The van der Waals surface area contributed by atoms with E-state index in [9.17, 15) is 0 Å². The minimum atomic E-state index is 0.310. The van der Waals surface area contributed by atoms with Gasteiger partial charge in [0.15, 0.2) is 0 Å². The van der Waals surface area contributed by atoms with Crippen LogP contribution in [0.15, 0.2) is 66.9 Å². The Balaban J connectivity index is 1.65. The Morgan fingerprint density at radius 3 is 2.79 bits per heavy atom. The monoisotopic (exact) mass is 432 g/mol. The van der Waals surface area contributed by atoms with Crippen LogP contribution in [0.5, 0.6) is 0 Å². The molecule has 1 saturated heterocycles. The van der Waals surface area contributed by atoms with Crippen molar-refractivity contribution in [3.63, 3.8) is 0 Å². The van der Waals surface area contributed by atoms with Gasteiger partial charge in [-0.2, -0.15) is 0 Å². The van der Waals surface area contributed by atoms with E-state index in [0.29, 0.717) is 11.8 Å². The molecule has 3 aromatic rings. The van der Waals surface area contributed by atoms with Gasteiger partial charge in [0.1, 0.15) is 5.76 Å². The second-order valence-electron chi connectivity index (χ2n) is 7.33. The molecule has 0 N–H and O–H groups in total. The van der Waals surface area contributed by atoms with Crippen LogP contribution in [0.2, 0.25) is 0 Å². The molecule has 1 unspecified atom stereocenters. The number of nitrogens with zero attached hydrogens (tertiary/aromatic N) is 2. The summed E-state index contributed by atoms with van der Waals surface area (Å²) >= 11 is 3.67. The highest BCUT2D eigenvalue weighted by Crippen LogP contribution is 2.36. The molecule has 140 valence electrons. The molecule has 0 bridgehead atoms. The van der Waals surface area contributed by atoms with Gasteiger partial charge < -0.3 is 9.64 Å². The van der Waals surface area contributed by atoms with E-state index in [0.717, 1.165) is 40.2 Å². The number of aromatic nitrogens is 1. The predicted octanol–water partition coefficient (Wildman–Crippen LogP) is 4.54. The fourth-order valence-electron chi connectivity index (χ4n) is 4.37. The van der Waals surface area contributed by atoms with E-state index >= 15 is 0 Å². The molecule has 0 aliphatic carbocycles. The maximum atomic E-state index is 6.02. The number of benzene rings is 2. The van der Waals surface area contributed by atoms with Gasteiger partial charge in [-0.25, -0.2) is 0 Å². The Bertz CT molecular complexity index is 1220. The van der Waals surface area contributed by atoms with Crippen LogP contribution in [-0.2, 0) is 4.74 Å². The fourth-order valence-corrected chi connectivity index (χ4v) is 4.85. The molecule has 3 heterocycles. The van der Waals surface area contributed by atoms with Crippen molar-refractivity contribution in [2.75, 3.05) is 11.4 Å². The Hall–Kier alpha value is -2.72. The van der Waals surface area contributed by atoms with Crippen molar-refractivity contribution in [1.82, 2.24) is 3.59 Å². The average molecular weight is 433 g/mol. The first-order chi connectivity index (χ1) is 13.6. The third-order valence-electron chi connectivity index (χ3n) is 5.74. The van der Waals surface area contributed by atoms with Crippen LogP contribution >= 0.6 is 16.1 Å². The van der Waals surface area contributed by atoms with Crippen LogP contribution in [0.3, 0.4) is 0 Å².